The Hall–Kier alpha value is -6.50. The molecule has 6 aromatic carbocycles. The second kappa shape index (κ2) is 17.1. The predicted octanol–water partition coefficient (Wildman–Crippen LogP) is 14.3. The van der Waals surface area contributed by atoms with Crippen LogP contribution in [0.3, 0.4) is 0 Å². The summed E-state index contributed by atoms with van der Waals surface area (Å²) in [5.74, 6) is 1.58. The molecule has 1 aliphatic rings. The molecule has 0 amide bonds. The number of benzene rings is 6. The first kappa shape index (κ1) is 33.0. The molecule has 9 heteroatoms. The van der Waals surface area contributed by atoms with E-state index in [-0.39, 0.29) is 40.3 Å². The van der Waals surface area contributed by atoms with E-state index in [1.165, 1.54) is 0 Å². The molecule has 0 spiro atoms. The third-order valence-corrected chi connectivity index (χ3v) is 12.9. The molecule has 3 aromatic heterocycles. The van der Waals surface area contributed by atoms with Gasteiger partial charge in [-0.05, 0) is 18.6 Å². The molecule has 0 atom stereocenters. The molecule has 10 rings (SSSR count). The molecule has 7 nitrogen and oxygen atoms in total. The van der Waals surface area contributed by atoms with Crippen LogP contribution in [0.4, 0.5) is 11.5 Å². The Balaban J connectivity index is 1.19. The molecule has 4 heterocycles. The van der Waals surface area contributed by atoms with Gasteiger partial charge in [0.05, 0.1) is 5.69 Å². The second-order valence-corrected chi connectivity index (χ2v) is 19.6. The van der Waals surface area contributed by atoms with Crippen molar-refractivity contribution in [2.24, 2.45) is 0 Å². The van der Waals surface area contributed by atoms with E-state index < -0.39 is 65.8 Å². The third-order valence-electron chi connectivity index (χ3n) is 11.9. The van der Waals surface area contributed by atoms with E-state index in [1.54, 1.807) is 12.1 Å². The van der Waals surface area contributed by atoms with Crippen molar-refractivity contribution in [3.05, 3.63) is 184 Å². The zero-order valence-corrected chi connectivity index (χ0v) is 40.3. The maximum absolute atomic E-state index is 9.31. The molecule has 0 saturated heterocycles. The van der Waals surface area contributed by atoms with Gasteiger partial charge in [-0.3, -0.25) is 0 Å². The minimum atomic E-state index is -0.634. The standard InChI is InChI=1S/C57H53BN6O.Pt/c1-9-30-58-63(54-32-39(2)29-31-59-54)51-36-45(27-28-46(51)52-37-53(57(6,7)8)60-64(52)58)65-44-24-18-23-43(35-44)61-38-62(50-26-17-16-25-49(50)61)55-47(40-19-12-10-13-20-40)33-42(56(3,4)5)34-48(55)41-21-14-11-15-22-41;/h10-29,31-34,37H,9,30H2,1-8H3;/q-2;/i10D,11D,12D,13D,14D,15D,19D,20D,21D,22D;. The van der Waals surface area contributed by atoms with Crippen molar-refractivity contribution in [1.29, 1.82) is 0 Å². The van der Waals surface area contributed by atoms with Gasteiger partial charge in [-0.25, -0.2) is 0 Å². The molecule has 0 unspecified atom stereocenters. The van der Waals surface area contributed by atoms with Crippen molar-refractivity contribution >= 4 is 29.5 Å². The number of imidazole rings is 1. The number of aryl methyl sites for hydroxylation is 1. The third kappa shape index (κ3) is 7.89. The second-order valence-electron chi connectivity index (χ2n) is 18.6. The van der Waals surface area contributed by atoms with Crippen LogP contribution in [0.2, 0.25) is 6.32 Å². The van der Waals surface area contributed by atoms with Crippen LogP contribution < -0.4 is 9.55 Å². The molecular formula is C57H53BN6OPt-2. The average molecular weight is 1050 g/mol. The Labute approximate surface area is 414 Å². The van der Waals surface area contributed by atoms with E-state index >= 15 is 0 Å². The number of nitrogens with zero attached hydrogens (tertiary/aromatic N) is 6. The van der Waals surface area contributed by atoms with Crippen molar-refractivity contribution in [2.75, 3.05) is 4.81 Å². The monoisotopic (exact) mass is 1050 g/mol. The van der Waals surface area contributed by atoms with Crippen molar-refractivity contribution < 1.29 is 37.8 Å². The van der Waals surface area contributed by atoms with Crippen LogP contribution in [0.5, 0.6) is 11.5 Å². The van der Waals surface area contributed by atoms with E-state index in [0.29, 0.717) is 37.6 Å². The molecule has 332 valence electrons. The summed E-state index contributed by atoms with van der Waals surface area (Å²) >= 11 is 2.17. The summed E-state index contributed by atoms with van der Waals surface area (Å²) in [6.45, 7) is 16.4. The number of fused-ring (bicyclic) bond motifs is 4. The van der Waals surface area contributed by atoms with Crippen LogP contribution in [0.1, 0.15) is 85.4 Å². The summed E-state index contributed by atoms with van der Waals surface area (Å²) < 4.78 is 103. The van der Waals surface area contributed by atoms with Gasteiger partial charge in [-0.1, -0.05) is 34.1 Å². The van der Waals surface area contributed by atoms with E-state index in [0.717, 1.165) is 46.8 Å². The Morgan fingerprint density at radius 2 is 1.36 bits per heavy atom. The first-order valence-corrected chi connectivity index (χ1v) is 23.2. The summed E-state index contributed by atoms with van der Waals surface area (Å²) in [5.41, 5.74) is 6.83. The molecule has 66 heavy (non-hydrogen) atoms. The van der Waals surface area contributed by atoms with Crippen LogP contribution >= 0.6 is 0 Å². The average Bonchev–Trinajstić information content (AvgIpc) is 4.04. The molecule has 0 fully saturated rings. The molecule has 1 aliphatic heterocycles. The number of rotatable bonds is 9. The van der Waals surface area contributed by atoms with Crippen LogP contribution in [-0.4, -0.2) is 30.8 Å². The van der Waals surface area contributed by atoms with Gasteiger partial charge in [0, 0.05) is 11.6 Å². The number of anilines is 2. The fourth-order valence-corrected chi connectivity index (χ4v) is 9.63. The number of ether oxygens (including phenoxy) is 1. The van der Waals surface area contributed by atoms with Crippen LogP contribution in [0, 0.1) is 22.9 Å². The van der Waals surface area contributed by atoms with Crippen molar-refractivity contribution in [1.82, 2.24) is 23.8 Å². The number of pyridine rings is 1. The van der Waals surface area contributed by atoms with E-state index in [2.05, 4.69) is 80.7 Å². The summed E-state index contributed by atoms with van der Waals surface area (Å²) in [6.07, 6.45) is 3.50. The summed E-state index contributed by atoms with van der Waals surface area (Å²) in [5, 5.41) is 5.20. The van der Waals surface area contributed by atoms with E-state index in [1.807, 2.05) is 104 Å². The SMILES string of the molecule is [2H]c1c([2H])c([2H])c(-c2cc(C(C)(C)C)cc(-c3c([2H])c([2H])c([2H])c([2H])c3[2H])c2-n2[c](=[Pt])n(-c3[c-]c(Oc4[c-]c5c(cc4)-c4cc(C(C)(C)C)nn4B(CCC)N5c4cc(C)ccn4)ccc3)c3ccccc32)c([2H])c1[2H]. The summed E-state index contributed by atoms with van der Waals surface area (Å²) in [6, 6.07) is 28.8. The Morgan fingerprint density at radius 3 is 1.98 bits per heavy atom. The maximum atomic E-state index is 9.31. The number of aromatic nitrogens is 5. The van der Waals surface area contributed by atoms with Crippen molar-refractivity contribution in [2.45, 2.75) is 79.0 Å². The number of para-hydroxylation sites is 2. The topological polar surface area (TPSA) is 53.0 Å². The van der Waals surface area contributed by atoms with Gasteiger partial charge in [-0.2, -0.15) is 5.10 Å². The van der Waals surface area contributed by atoms with Gasteiger partial charge in [0.25, 0.3) is 0 Å². The van der Waals surface area contributed by atoms with Gasteiger partial charge in [0.15, 0.2) is 0 Å². The molecular weight excluding hydrogens is 991 g/mol. The zero-order valence-electron chi connectivity index (χ0n) is 48.1. The van der Waals surface area contributed by atoms with Gasteiger partial charge < -0.3 is 0 Å². The van der Waals surface area contributed by atoms with Gasteiger partial charge in [-0.15, -0.1) is 0 Å². The fourth-order valence-electron chi connectivity index (χ4n) is 8.55. The van der Waals surface area contributed by atoms with Crippen molar-refractivity contribution in [3.63, 3.8) is 0 Å². The Bertz CT molecular complexity index is 3780. The molecule has 0 radical (unpaired) electrons. The zero-order chi connectivity index (χ0) is 54.6. The quantitative estimate of drug-likeness (QED) is 0.107. The molecule has 0 aliphatic carbocycles. The Kier molecular flexibility index (Phi) is 8.54. The minimum absolute atomic E-state index is 0.110. The number of hydrogen-bond donors (Lipinski definition) is 0. The van der Waals surface area contributed by atoms with Gasteiger partial charge in [0.2, 0.25) is 0 Å². The summed E-state index contributed by atoms with van der Waals surface area (Å²) in [7, 11) is 0. The first-order valence-electron chi connectivity index (χ1n) is 27.0. The predicted molar refractivity (Wildman–Crippen MR) is 267 cm³/mol. The van der Waals surface area contributed by atoms with Gasteiger partial charge in [0.1, 0.15) is 0 Å². The summed E-state index contributed by atoms with van der Waals surface area (Å²) in [4.78, 5) is 7.06. The molecule has 0 N–H and O–H groups in total. The van der Waals surface area contributed by atoms with E-state index in [4.69, 9.17) is 23.0 Å². The first-order chi connectivity index (χ1) is 35.9. The fraction of sp³-hybridized carbons (Fsp3) is 0.211. The Morgan fingerprint density at radius 1 is 0.712 bits per heavy atom. The van der Waals surface area contributed by atoms with Crippen LogP contribution in [-0.2, 0) is 30.2 Å². The molecule has 0 bridgehead atoms. The normalized spacial score (nSPS) is 14.8. The molecule has 0 saturated carbocycles. The van der Waals surface area contributed by atoms with E-state index in [9.17, 15) is 5.48 Å². The van der Waals surface area contributed by atoms with Crippen LogP contribution in [0.15, 0.2) is 152 Å². The van der Waals surface area contributed by atoms with Crippen LogP contribution in [0.25, 0.3) is 55.9 Å². The van der Waals surface area contributed by atoms with Gasteiger partial charge >= 0.3 is 341 Å². The molecule has 9 aromatic rings. The number of hydrogen-bond acceptors (Lipinski definition) is 4. The van der Waals surface area contributed by atoms with Crippen molar-refractivity contribution in [3.8, 4) is 56.4 Å².